The van der Waals surface area contributed by atoms with Gasteiger partial charge in [-0.25, -0.2) is 0 Å². The van der Waals surface area contributed by atoms with Gasteiger partial charge in [0, 0.05) is 26.2 Å². The van der Waals surface area contributed by atoms with Gasteiger partial charge in [-0.3, -0.25) is 4.79 Å². The summed E-state index contributed by atoms with van der Waals surface area (Å²) < 4.78 is 0. The normalized spacial score (nSPS) is 30.5. The molecule has 2 saturated heterocycles. The second-order valence-electron chi connectivity index (χ2n) is 6.12. The average Bonchev–Trinajstić information content (AvgIpc) is 3.07. The van der Waals surface area contributed by atoms with E-state index in [0.29, 0.717) is 17.7 Å². The van der Waals surface area contributed by atoms with Gasteiger partial charge >= 0.3 is 0 Å². The van der Waals surface area contributed by atoms with Crippen LogP contribution in [0.25, 0.3) is 0 Å². The summed E-state index contributed by atoms with van der Waals surface area (Å²) in [6, 6.07) is 8.47. The fourth-order valence-electron chi connectivity index (χ4n) is 3.80. The topological polar surface area (TPSA) is 32.3 Å². The highest BCUT2D eigenvalue weighted by Gasteiger charge is 2.40. The van der Waals surface area contributed by atoms with Crippen LogP contribution in [0.1, 0.15) is 16.4 Å². The third-order valence-corrected chi connectivity index (χ3v) is 6.15. The maximum Gasteiger partial charge on any atom is 0.240 e. The highest BCUT2D eigenvalue weighted by atomic mass is 35.5. The van der Waals surface area contributed by atoms with Crippen molar-refractivity contribution in [1.82, 2.24) is 10.2 Å². The van der Waals surface area contributed by atoms with Crippen LogP contribution >= 0.6 is 24.2 Å². The molecule has 1 aromatic rings. The van der Waals surface area contributed by atoms with Crippen LogP contribution in [0, 0.1) is 11.8 Å². The molecule has 2 fully saturated rings. The number of rotatable bonds is 1. The lowest BCUT2D eigenvalue weighted by Gasteiger charge is -2.28. The van der Waals surface area contributed by atoms with Crippen molar-refractivity contribution >= 4 is 30.1 Å². The summed E-state index contributed by atoms with van der Waals surface area (Å²) in [7, 11) is 0. The molecule has 1 aromatic carbocycles. The first kappa shape index (κ1) is 15.2. The molecule has 1 N–H and O–H groups in total. The predicted octanol–water partition coefficient (Wildman–Crippen LogP) is 2.12. The Hall–Kier alpha value is -0.710. The summed E-state index contributed by atoms with van der Waals surface area (Å²) in [5.41, 5.74) is 2.62. The monoisotopic (exact) mass is 324 g/mol. The van der Waals surface area contributed by atoms with Crippen LogP contribution in [0.3, 0.4) is 0 Å². The van der Waals surface area contributed by atoms with E-state index in [0.717, 1.165) is 38.4 Å². The molecule has 4 rings (SSSR count). The number of amides is 1. The van der Waals surface area contributed by atoms with Crippen LogP contribution in [0.2, 0.25) is 0 Å². The molecule has 5 heteroatoms. The zero-order valence-corrected chi connectivity index (χ0v) is 13.6. The van der Waals surface area contributed by atoms with Crippen LogP contribution in [-0.2, 0) is 11.2 Å². The third kappa shape index (κ3) is 2.69. The van der Waals surface area contributed by atoms with Crippen molar-refractivity contribution in [2.45, 2.75) is 11.7 Å². The van der Waals surface area contributed by atoms with E-state index in [9.17, 15) is 4.79 Å². The zero-order valence-electron chi connectivity index (χ0n) is 12.0. The summed E-state index contributed by atoms with van der Waals surface area (Å²) >= 11 is 1.82. The number of nitrogens with one attached hydrogen (secondary N) is 1. The number of carbonyl (C=O) groups is 1. The lowest BCUT2D eigenvalue weighted by molar-refractivity contribution is -0.130. The van der Waals surface area contributed by atoms with Gasteiger partial charge in [0.05, 0.1) is 0 Å². The summed E-state index contributed by atoms with van der Waals surface area (Å²) in [6.45, 7) is 4.08. The Kier molecular flexibility index (Phi) is 4.48. The van der Waals surface area contributed by atoms with E-state index < -0.39 is 0 Å². The van der Waals surface area contributed by atoms with Gasteiger partial charge in [-0.2, -0.15) is 0 Å². The lowest BCUT2D eigenvalue weighted by atomic mass is 10.0. The number of benzene rings is 1. The maximum atomic E-state index is 12.9. The predicted molar refractivity (Wildman–Crippen MR) is 89.0 cm³/mol. The Balaban J connectivity index is 0.00000132. The second-order valence-corrected chi connectivity index (χ2v) is 7.33. The number of hydrogen-bond donors (Lipinski definition) is 1. The second kappa shape index (κ2) is 6.19. The third-order valence-electron chi connectivity index (χ3n) is 4.92. The number of hydrogen-bond acceptors (Lipinski definition) is 3. The Labute approximate surface area is 136 Å². The number of thioether (sulfide) groups is 1. The quantitative estimate of drug-likeness (QED) is 0.859. The summed E-state index contributed by atoms with van der Waals surface area (Å²) in [5, 5.41) is 3.47. The molecule has 3 aliphatic heterocycles. The minimum absolute atomic E-state index is 0. The minimum Gasteiger partial charge on any atom is -0.341 e. The largest absolute Gasteiger partial charge is 0.341 e. The molecule has 0 radical (unpaired) electrons. The summed E-state index contributed by atoms with van der Waals surface area (Å²) in [6.07, 6.45) is 1.10. The van der Waals surface area contributed by atoms with E-state index >= 15 is 0 Å². The summed E-state index contributed by atoms with van der Waals surface area (Å²) in [5.74, 6) is 2.78. The van der Waals surface area contributed by atoms with Crippen molar-refractivity contribution < 1.29 is 4.79 Å². The first-order valence-electron chi connectivity index (χ1n) is 7.52. The van der Waals surface area contributed by atoms with Crippen molar-refractivity contribution in [3.05, 3.63) is 35.4 Å². The van der Waals surface area contributed by atoms with Crippen LogP contribution in [0.4, 0.5) is 0 Å². The number of fused-ring (bicyclic) bond motifs is 2. The number of aryl methyl sites for hydroxylation is 1. The maximum absolute atomic E-state index is 12.9. The van der Waals surface area contributed by atoms with Crippen LogP contribution in [0.15, 0.2) is 24.3 Å². The molecule has 0 spiro atoms. The average molecular weight is 325 g/mol. The first-order chi connectivity index (χ1) is 9.83. The molecule has 0 saturated carbocycles. The van der Waals surface area contributed by atoms with Gasteiger partial charge in [0.25, 0.3) is 0 Å². The van der Waals surface area contributed by atoms with E-state index in [2.05, 4.69) is 34.5 Å². The molecular formula is C16H21ClN2OS. The fraction of sp³-hybridized carbons (Fsp3) is 0.562. The van der Waals surface area contributed by atoms with Crippen molar-refractivity contribution in [2.75, 3.05) is 31.9 Å². The van der Waals surface area contributed by atoms with Gasteiger partial charge in [0.1, 0.15) is 5.25 Å². The Morgan fingerprint density at radius 3 is 2.67 bits per heavy atom. The first-order valence-corrected chi connectivity index (χ1v) is 8.57. The smallest absolute Gasteiger partial charge is 0.240 e. The Morgan fingerprint density at radius 1 is 1.19 bits per heavy atom. The van der Waals surface area contributed by atoms with Gasteiger partial charge in [-0.05, 0) is 35.1 Å². The molecule has 0 aliphatic carbocycles. The van der Waals surface area contributed by atoms with E-state index in [1.165, 1.54) is 11.1 Å². The van der Waals surface area contributed by atoms with Crippen molar-refractivity contribution in [3.63, 3.8) is 0 Å². The van der Waals surface area contributed by atoms with Gasteiger partial charge in [-0.15, -0.1) is 24.2 Å². The van der Waals surface area contributed by atoms with Crippen LogP contribution < -0.4 is 5.32 Å². The Morgan fingerprint density at radius 2 is 1.90 bits per heavy atom. The highest BCUT2D eigenvalue weighted by molar-refractivity contribution is 8.00. The molecular weight excluding hydrogens is 304 g/mol. The molecule has 0 aromatic heterocycles. The van der Waals surface area contributed by atoms with E-state index in [4.69, 9.17) is 0 Å². The molecule has 1 amide bonds. The van der Waals surface area contributed by atoms with Gasteiger partial charge in [0.15, 0.2) is 0 Å². The van der Waals surface area contributed by atoms with Gasteiger partial charge in [0.2, 0.25) is 5.91 Å². The molecule has 21 heavy (non-hydrogen) atoms. The molecule has 1 unspecified atom stereocenters. The van der Waals surface area contributed by atoms with Crippen molar-refractivity contribution in [1.29, 1.82) is 0 Å². The number of likely N-dealkylation sites (tertiary alicyclic amines) is 1. The molecule has 3 nitrogen and oxygen atoms in total. The molecule has 114 valence electrons. The van der Waals surface area contributed by atoms with E-state index in [-0.39, 0.29) is 17.7 Å². The zero-order chi connectivity index (χ0) is 13.5. The van der Waals surface area contributed by atoms with E-state index in [1.807, 2.05) is 11.8 Å². The van der Waals surface area contributed by atoms with Crippen molar-refractivity contribution in [3.8, 4) is 0 Å². The lowest BCUT2D eigenvalue weighted by Crippen LogP contribution is -2.35. The van der Waals surface area contributed by atoms with E-state index in [1.54, 1.807) is 0 Å². The number of carbonyl (C=O) groups excluding carboxylic acids is 1. The van der Waals surface area contributed by atoms with Crippen LogP contribution in [-0.4, -0.2) is 42.7 Å². The Bertz CT molecular complexity index is 527. The number of halogens is 1. The molecule has 3 atom stereocenters. The molecule has 3 heterocycles. The van der Waals surface area contributed by atoms with Gasteiger partial charge in [-0.1, -0.05) is 24.3 Å². The fourth-order valence-corrected chi connectivity index (χ4v) is 5.07. The molecule has 3 aliphatic rings. The van der Waals surface area contributed by atoms with Gasteiger partial charge < -0.3 is 10.2 Å². The molecule has 0 bridgehead atoms. The summed E-state index contributed by atoms with van der Waals surface area (Å²) in [4.78, 5) is 15.0. The minimum atomic E-state index is 0. The van der Waals surface area contributed by atoms with Crippen molar-refractivity contribution in [2.24, 2.45) is 11.8 Å². The highest BCUT2D eigenvalue weighted by Crippen LogP contribution is 2.39. The number of nitrogens with zero attached hydrogens (tertiary/aromatic N) is 1. The SMILES string of the molecule is Cl.O=C(C1SCCc2ccccc21)N1C[C@H]2CNC[C@H]2C1. The van der Waals surface area contributed by atoms with Crippen LogP contribution in [0.5, 0.6) is 0 Å². The standard InChI is InChI=1S/C16H20N2OS.ClH/c19-16(18-9-12-7-17-8-13(12)10-18)15-14-4-2-1-3-11(14)5-6-20-15;/h1-4,12-13,15,17H,5-10H2;1H/t12-,13+,15?;.